The fourth-order valence-electron chi connectivity index (χ4n) is 2.47. The van der Waals surface area contributed by atoms with Gasteiger partial charge in [0.05, 0.1) is 10.7 Å². The van der Waals surface area contributed by atoms with Gasteiger partial charge in [-0.05, 0) is 32.6 Å². The van der Waals surface area contributed by atoms with Crippen LogP contribution in [0.5, 0.6) is 0 Å². The van der Waals surface area contributed by atoms with Crippen molar-refractivity contribution in [1.82, 2.24) is 10.4 Å². The van der Waals surface area contributed by atoms with Gasteiger partial charge in [0, 0.05) is 21.1 Å². The third-order valence-corrected chi connectivity index (χ3v) is 6.22. The van der Waals surface area contributed by atoms with Crippen molar-refractivity contribution >= 4 is 39.8 Å². The molecule has 0 saturated heterocycles. The average Bonchev–Trinajstić information content (AvgIpc) is 2.79. The highest BCUT2D eigenvalue weighted by atomic mass is 127. The molecule has 100 valence electrons. The minimum atomic E-state index is -0.0169. The summed E-state index contributed by atoms with van der Waals surface area (Å²) in [5.41, 5.74) is 3.43. The number of alkyl halides is 1. The Morgan fingerprint density at radius 1 is 1.50 bits per heavy atom. The molecule has 1 aliphatic rings. The average molecular weight is 379 g/mol. The summed E-state index contributed by atoms with van der Waals surface area (Å²) in [6.07, 6.45) is 3.94. The zero-order valence-electron chi connectivity index (χ0n) is 10.4. The molecule has 1 aromatic rings. The van der Waals surface area contributed by atoms with Crippen LogP contribution in [0.15, 0.2) is 0 Å². The Labute approximate surface area is 125 Å². The minimum absolute atomic E-state index is 0.0169. The van der Waals surface area contributed by atoms with Gasteiger partial charge < -0.3 is 0 Å². The molecule has 6 heteroatoms. The molecule has 4 nitrogen and oxygen atoms in total. The van der Waals surface area contributed by atoms with E-state index in [1.54, 1.807) is 0 Å². The highest BCUT2D eigenvalue weighted by Crippen LogP contribution is 2.38. The number of hydrogen-bond donors (Lipinski definition) is 2. The van der Waals surface area contributed by atoms with Crippen LogP contribution in [0.4, 0.5) is 0 Å². The Morgan fingerprint density at radius 2 is 2.17 bits per heavy atom. The number of aromatic nitrogens is 1. The molecule has 18 heavy (non-hydrogen) atoms. The van der Waals surface area contributed by atoms with Crippen molar-refractivity contribution in [3.63, 3.8) is 0 Å². The Morgan fingerprint density at radius 3 is 2.67 bits per heavy atom. The molecule has 0 aliphatic heterocycles. The smallest absolute Gasteiger partial charge is 0.236 e. The van der Waals surface area contributed by atoms with Gasteiger partial charge in [-0.2, -0.15) is 0 Å². The summed E-state index contributed by atoms with van der Waals surface area (Å²) >= 11 is 4.22. The van der Waals surface area contributed by atoms with E-state index < -0.39 is 0 Å². The van der Waals surface area contributed by atoms with Crippen LogP contribution in [-0.4, -0.2) is 10.9 Å². The third kappa shape index (κ3) is 3.03. The van der Waals surface area contributed by atoms with Gasteiger partial charge in [-0.3, -0.25) is 10.2 Å². The fourth-order valence-corrected chi connectivity index (χ4v) is 4.57. The number of aryl methyl sites for hydroxylation is 1. The molecule has 1 aliphatic carbocycles. The lowest BCUT2D eigenvalue weighted by molar-refractivity contribution is -0.126. The molecule has 1 heterocycles. The maximum Gasteiger partial charge on any atom is 0.236 e. The molecule has 0 aromatic carbocycles. The van der Waals surface area contributed by atoms with E-state index in [1.165, 1.54) is 15.6 Å². The van der Waals surface area contributed by atoms with Crippen molar-refractivity contribution in [1.29, 1.82) is 0 Å². The van der Waals surface area contributed by atoms with Crippen LogP contribution >= 0.6 is 33.9 Å². The van der Waals surface area contributed by atoms with E-state index in [1.807, 2.05) is 11.3 Å². The van der Waals surface area contributed by atoms with E-state index in [2.05, 4.69) is 39.9 Å². The van der Waals surface area contributed by atoms with Crippen molar-refractivity contribution in [2.75, 3.05) is 0 Å². The molecule has 0 atom stereocenters. The number of rotatable bonds is 3. The molecule has 1 saturated carbocycles. The maximum absolute atomic E-state index is 11.5. The van der Waals surface area contributed by atoms with Crippen LogP contribution in [0.1, 0.15) is 47.2 Å². The largest absolute Gasteiger partial charge is 0.294 e. The molecule has 0 spiro atoms. The first-order chi connectivity index (χ1) is 8.65. The van der Waals surface area contributed by atoms with E-state index in [-0.39, 0.29) is 11.8 Å². The van der Waals surface area contributed by atoms with Gasteiger partial charge in [-0.15, -0.1) is 11.3 Å². The topological polar surface area (TPSA) is 68.0 Å². The van der Waals surface area contributed by atoms with E-state index in [9.17, 15) is 4.79 Å². The summed E-state index contributed by atoms with van der Waals surface area (Å²) in [5, 5.41) is 1.26. The summed E-state index contributed by atoms with van der Waals surface area (Å²) in [4.78, 5) is 17.5. The minimum Gasteiger partial charge on any atom is -0.294 e. The zero-order valence-corrected chi connectivity index (χ0v) is 13.4. The first-order valence-corrected chi connectivity index (χ1v) is 8.52. The maximum atomic E-state index is 11.5. The number of hydrogen-bond acceptors (Lipinski definition) is 4. The van der Waals surface area contributed by atoms with Gasteiger partial charge in [0.25, 0.3) is 0 Å². The summed E-state index contributed by atoms with van der Waals surface area (Å²) < 4.78 is 1.03. The van der Waals surface area contributed by atoms with Gasteiger partial charge in [0.1, 0.15) is 0 Å². The number of nitrogens with zero attached hydrogens (tertiary/aromatic N) is 1. The number of carbonyl (C=O) groups excluding carboxylic acids is 1. The van der Waals surface area contributed by atoms with Crippen LogP contribution in [0, 0.1) is 12.8 Å². The molecule has 1 fully saturated rings. The number of nitrogens with two attached hydrogens (primary N) is 1. The molecule has 1 amide bonds. The summed E-state index contributed by atoms with van der Waals surface area (Å²) in [7, 11) is 0. The predicted octanol–water partition coefficient (Wildman–Crippen LogP) is 2.65. The first kappa shape index (κ1) is 14.2. The predicted molar refractivity (Wildman–Crippen MR) is 81.6 cm³/mol. The molecule has 3 N–H and O–H groups in total. The molecular weight excluding hydrogens is 361 g/mol. The molecule has 0 unspecified atom stereocenters. The quantitative estimate of drug-likeness (QED) is 0.279. The number of amides is 1. The van der Waals surface area contributed by atoms with Gasteiger partial charge in [0.2, 0.25) is 5.91 Å². The normalized spacial score (nSPS) is 23.9. The molecular formula is C12H18IN3OS. The highest BCUT2D eigenvalue weighted by Gasteiger charge is 2.28. The zero-order chi connectivity index (χ0) is 13.1. The van der Waals surface area contributed by atoms with Crippen molar-refractivity contribution in [3.8, 4) is 0 Å². The van der Waals surface area contributed by atoms with Crippen LogP contribution in [0.3, 0.4) is 0 Å². The Bertz CT molecular complexity index is 427. The van der Waals surface area contributed by atoms with Gasteiger partial charge in [-0.25, -0.2) is 10.8 Å². The van der Waals surface area contributed by atoms with E-state index in [0.29, 0.717) is 5.92 Å². The van der Waals surface area contributed by atoms with E-state index >= 15 is 0 Å². The Balaban J connectivity index is 1.98. The highest BCUT2D eigenvalue weighted by molar-refractivity contribution is 14.1. The summed E-state index contributed by atoms with van der Waals surface area (Å²) in [5.74, 6) is 5.79. The van der Waals surface area contributed by atoms with Gasteiger partial charge in [0.15, 0.2) is 0 Å². The van der Waals surface area contributed by atoms with Crippen molar-refractivity contribution in [2.24, 2.45) is 11.8 Å². The lowest BCUT2D eigenvalue weighted by Crippen LogP contribution is -2.37. The second-order valence-corrected chi connectivity index (χ2v) is 6.63. The molecule has 2 rings (SSSR count). The van der Waals surface area contributed by atoms with Crippen molar-refractivity contribution in [2.45, 2.75) is 43.0 Å². The SMILES string of the molecule is Cc1nc([C@H]2CC[C@H](C(=O)NN)CC2)sc1CI. The standard InChI is InChI=1S/C12H18IN3OS/c1-7-10(6-13)18-12(15-7)9-4-2-8(3-5-9)11(17)16-14/h8-9H,2-6,14H2,1H3,(H,16,17)/t8-,9-. The van der Waals surface area contributed by atoms with Crippen molar-refractivity contribution in [3.05, 3.63) is 15.6 Å². The van der Waals surface area contributed by atoms with Crippen molar-refractivity contribution < 1.29 is 4.79 Å². The summed E-state index contributed by atoms with van der Waals surface area (Å²) in [6, 6.07) is 0. The first-order valence-electron chi connectivity index (χ1n) is 6.18. The van der Waals surface area contributed by atoms with E-state index in [0.717, 1.165) is 30.1 Å². The summed E-state index contributed by atoms with van der Waals surface area (Å²) in [6.45, 7) is 2.08. The lowest BCUT2D eigenvalue weighted by Gasteiger charge is -2.25. The number of thiazole rings is 1. The van der Waals surface area contributed by atoms with Crippen LogP contribution in [-0.2, 0) is 9.22 Å². The molecule has 0 bridgehead atoms. The number of nitrogens with one attached hydrogen (secondary N) is 1. The number of hydrazine groups is 1. The second kappa shape index (κ2) is 6.29. The third-order valence-electron chi connectivity index (χ3n) is 3.62. The lowest BCUT2D eigenvalue weighted by atomic mass is 9.82. The van der Waals surface area contributed by atoms with Crippen LogP contribution in [0.2, 0.25) is 0 Å². The second-order valence-electron chi connectivity index (χ2n) is 4.75. The van der Waals surface area contributed by atoms with Gasteiger partial charge >= 0.3 is 0 Å². The van der Waals surface area contributed by atoms with Gasteiger partial charge in [-0.1, -0.05) is 22.6 Å². The van der Waals surface area contributed by atoms with Crippen LogP contribution in [0.25, 0.3) is 0 Å². The molecule has 0 radical (unpaired) electrons. The Hall–Kier alpha value is -0.210. The Kier molecular flexibility index (Phi) is 4.97. The van der Waals surface area contributed by atoms with E-state index in [4.69, 9.17) is 5.84 Å². The molecule has 1 aromatic heterocycles. The monoisotopic (exact) mass is 379 g/mol. The number of carbonyl (C=O) groups is 1. The number of halogens is 1. The fraction of sp³-hybridized carbons (Fsp3) is 0.667. The van der Waals surface area contributed by atoms with Crippen LogP contribution < -0.4 is 11.3 Å².